The van der Waals surface area contributed by atoms with Crippen molar-refractivity contribution in [2.45, 2.75) is 32.2 Å². The van der Waals surface area contributed by atoms with Crippen molar-refractivity contribution in [1.29, 1.82) is 10.7 Å². The van der Waals surface area contributed by atoms with Gasteiger partial charge < -0.3 is 37.5 Å². The number of ether oxygens (including phenoxy) is 1. The first kappa shape index (κ1) is 34.4. The number of anilines is 2. The Morgan fingerprint density at radius 3 is 2.70 bits per heavy atom. The lowest BCUT2D eigenvalue weighted by molar-refractivity contribution is -0.122. The number of fused-ring (bicyclic) bond motifs is 1. The number of nitriles is 1. The van der Waals surface area contributed by atoms with E-state index < -0.39 is 11.9 Å². The van der Waals surface area contributed by atoms with E-state index in [0.29, 0.717) is 59.8 Å². The normalized spacial score (nSPS) is 11.4. The maximum atomic E-state index is 14.8. The number of benzene rings is 2. The number of nitrogens with zero attached hydrogens (tertiary/aromatic N) is 4. The molecule has 2 aromatic heterocycles. The van der Waals surface area contributed by atoms with Gasteiger partial charge in [-0.3, -0.25) is 19.4 Å². The van der Waals surface area contributed by atoms with E-state index in [0.717, 1.165) is 5.56 Å². The predicted molar refractivity (Wildman–Crippen MR) is 176 cm³/mol. The number of guanidine groups is 1. The number of rotatable bonds is 15. The number of imidazole rings is 1. The van der Waals surface area contributed by atoms with Crippen molar-refractivity contribution < 1.29 is 18.7 Å². The van der Waals surface area contributed by atoms with Gasteiger partial charge in [-0.2, -0.15) is 5.26 Å². The van der Waals surface area contributed by atoms with Crippen molar-refractivity contribution in [3.8, 4) is 23.1 Å². The van der Waals surface area contributed by atoms with E-state index in [4.69, 9.17) is 38.5 Å². The van der Waals surface area contributed by atoms with Crippen LogP contribution in [0.3, 0.4) is 0 Å². The van der Waals surface area contributed by atoms with Crippen LogP contribution in [0.1, 0.15) is 35.7 Å². The summed E-state index contributed by atoms with van der Waals surface area (Å²) in [5.41, 5.74) is 14.4. The highest BCUT2D eigenvalue weighted by Crippen LogP contribution is 2.36. The van der Waals surface area contributed by atoms with E-state index in [1.807, 2.05) is 13.0 Å². The maximum absolute atomic E-state index is 14.8. The van der Waals surface area contributed by atoms with Crippen LogP contribution in [0.2, 0.25) is 5.02 Å². The SMILES string of the molecule is CCc1cc(Nc2nccn3c(-c4ccc(OCC#N)c(F)c4Cl)cnc23)ccc1C(=O)NCCNC(=O)[C@@H](N)CCCNC(=N)N. The summed E-state index contributed by atoms with van der Waals surface area (Å²) in [5.74, 6) is -1.22. The van der Waals surface area contributed by atoms with Gasteiger partial charge in [-0.15, -0.1) is 0 Å². The summed E-state index contributed by atoms with van der Waals surface area (Å²) >= 11 is 6.33. The number of carbonyl (C=O) groups is 2. The molecule has 0 fully saturated rings. The minimum Gasteiger partial charge on any atom is -0.476 e. The Bertz CT molecular complexity index is 1810. The minimum atomic E-state index is -0.779. The highest BCUT2D eigenvalue weighted by atomic mass is 35.5. The van der Waals surface area contributed by atoms with Crippen LogP contribution in [0.15, 0.2) is 48.9 Å². The first-order valence-electron chi connectivity index (χ1n) is 14.7. The lowest BCUT2D eigenvalue weighted by Gasteiger charge is -2.14. The molecule has 0 unspecified atom stereocenters. The third-order valence-electron chi connectivity index (χ3n) is 7.09. The number of carbonyl (C=O) groups excluding carboxylic acids is 2. The van der Waals surface area contributed by atoms with Crippen molar-refractivity contribution in [1.82, 2.24) is 30.3 Å². The van der Waals surface area contributed by atoms with Gasteiger partial charge >= 0.3 is 0 Å². The van der Waals surface area contributed by atoms with Crippen LogP contribution < -0.4 is 37.5 Å². The molecule has 0 aliphatic heterocycles. The van der Waals surface area contributed by atoms with E-state index >= 15 is 0 Å². The summed E-state index contributed by atoms with van der Waals surface area (Å²) in [5, 5.41) is 27.1. The summed E-state index contributed by atoms with van der Waals surface area (Å²) in [4.78, 5) is 34.1. The average molecular weight is 664 g/mol. The van der Waals surface area contributed by atoms with Crippen LogP contribution >= 0.6 is 11.6 Å². The average Bonchev–Trinajstić information content (AvgIpc) is 3.50. The van der Waals surface area contributed by atoms with E-state index in [9.17, 15) is 14.0 Å². The van der Waals surface area contributed by atoms with Crippen molar-refractivity contribution >= 4 is 46.5 Å². The minimum absolute atomic E-state index is 0.124. The van der Waals surface area contributed by atoms with Crippen LogP contribution in [-0.4, -0.2) is 64.4 Å². The smallest absolute Gasteiger partial charge is 0.251 e. The highest BCUT2D eigenvalue weighted by molar-refractivity contribution is 6.33. The Kier molecular flexibility index (Phi) is 11.9. The van der Waals surface area contributed by atoms with Gasteiger partial charge in [-0.05, 0) is 55.2 Å². The topological polar surface area (TPSA) is 221 Å². The van der Waals surface area contributed by atoms with Crippen LogP contribution in [0, 0.1) is 22.6 Å². The van der Waals surface area contributed by atoms with Gasteiger partial charge in [0.25, 0.3) is 5.91 Å². The van der Waals surface area contributed by atoms with Crippen LogP contribution in [0.4, 0.5) is 15.9 Å². The molecule has 2 aromatic carbocycles. The number of aromatic nitrogens is 3. The Hall–Kier alpha value is -5.46. The molecule has 0 spiro atoms. The first-order valence-corrected chi connectivity index (χ1v) is 15.1. The number of nitrogens with two attached hydrogens (primary N) is 2. The second-order valence-corrected chi connectivity index (χ2v) is 10.7. The fourth-order valence-electron chi connectivity index (χ4n) is 4.74. The number of hydrogen-bond acceptors (Lipinski definition) is 9. The Morgan fingerprint density at radius 2 is 1.96 bits per heavy atom. The number of hydrogen-bond donors (Lipinski definition) is 7. The quantitative estimate of drug-likeness (QED) is 0.0560. The summed E-state index contributed by atoms with van der Waals surface area (Å²) < 4.78 is 21.7. The van der Waals surface area contributed by atoms with E-state index in [1.54, 1.807) is 47.3 Å². The lowest BCUT2D eigenvalue weighted by Crippen LogP contribution is -2.44. The zero-order valence-electron chi connectivity index (χ0n) is 25.6. The predicted octanol–water partition coefficient (Wildman–Crippen LogP) is 2.83. The molecule has 0 saturated heterocycles. The molecule has 14 nitrogen and oxygen atoms in total. The molecular weight excluding hydrogens is 629 g/mol. The molecule has 246 valence electrons. The van der Waals surface area contributed by atoms with Crippen molar-refractivity contribution in [3.05, 3.63) is 70.9 Å². The van der Waals surface area contributed by atoms with Crippen molar-refractivity contribution in [2.24, 2.45) is 11.5 Å². The number of amides is 2. The summed E-state index contributed by atoms with van der Waals surface area (Å²) in [7, 11) is 0. The third kappa shape index (κ3) is 8.63. The van der Waals surface area contributed by atoms with Crippen LogP contribution in [0.25, 0.3) is 16.9 Å². The molecule has 2 heterocycles. The Balaban J connectivity index is 1.39. The van der Waals surface area contributed by atoms with Gasteiger partial charge in [0.05, 0.1) is 23.0 Å². The van der Waals surface area contributed by atoms with E-state index in [1.165, 1.54) is 6.07 Å². The van der Waals surface area contributed by atoms with Gasteiger partial charge in [-0.25, -0.2) is 14.4 Å². The van der Waals surface area contributed by atoms with Crippen LogP contribution in [0.5, 0.6) is 5.75 Å². The summed E-state index contributed by atoms with van der Waals surface area (Å²) in [6.07, 6.45) is 6.37. The second-order valence-electron chi connectivity index (χ2n) is 10.3. The fraction of sp³-hybridized carbons (Fsp3) is 0.290. The second kappa shape index (κ2) is 16.2. The van der Waals surface area contributed by atoms with Gasteiger partial charge in [0, 0.05) is 48.8 Å². The van der Waals surface area contributed by atoms with Crippen molar-refractivity contribution in [2.75, 3.05) is 31.6 Å². The molecule has 2 amide bonds. The molecule has 0 saturated carbocycles. The van der Waals surface area contributed by atoms with E-state index in [2.05, 4.69) is 31.2 Å². The number of halogens is 2. The number of aryl methyl sites for hydroxylation is 1. The molecule has 47 heavy (non-hydrogen) atoms. The zero-order chi connectivity index (χ0) is 33.9. The molecular formula is C31H35ClFN11O3. The van der Waals surface area contributed by atoms with Crippen molar-refractivity contribution in [3.63, 3.8) is 0 Å². The van der Waals surface area contributed by atoms with Gasteiger partial charge in [0.1, 0.15) is 6.07 Å². The zero-order valence-corrected chi connectivity index (χ0v) is 26.3. The molecule has 4 rings (SSSR count). The third-order valence-corrected chi connectivity index (χ3v) is 7.46. The monoisotopic (exact) mass is 663 g/mol. The van der Waals surface area contributed by atoms with Gasteiger partial charge in [-0.1, -0.05) is 18.5 Å². The largest absolute Gasteiger partial charge is 0.476 e. The Morgan fingerprint density at radius 1 is 1.17 bits per heavy atom. The molecule has 0 radical (unpaired) electrons. The Labute approximate surface area is 275 Å². The maximum Gasteiger partial charge on any atom is 0.251 e. The molecule has 0 bridgehead atoms. The van der Waals surface area contributed by atoms with Crippen LogP contribution in [-0.2, 0) is 11.2 Å². The first-order chi connectivity index (χ1) is 22.6. The fourth-order valence-corrected chi connectivity index (χ4v) is 5.00. The summed E-state index contributed by atoms with van der Waals surface area (Å²) in [6.45, 7) is 2.50. The molecule has 4 aromatic rings. The molecule has 1 atom stereocenters. The van der Waals surface area contributed by atoms with Gasteiger partial charge in [0.2, 0.25) is 5.91 Å². The van der Waals surface area contributed by atoms with E-state index in [-0.39, 0.29) is 48.2 Å². The summed E-state index contributed by atoms with van der Waals surface area (Å²) in [6, 6.07) is 9.38. The molecule has 0 aliphatic rings. The lowest BCUT2D eigenvalue weighted by atomic mass is 10.0. The molecule has 0 aliphatic carbocycles. The number of nitrogens with one attached hydrogen (secondary N) is 5. The standard InChI is InChI=1S/C31H35ClFN11O3/c1-2-18-16-19(5-6-20(18)29(45)39-11-12-40-30(46)22(35)4-3-10-41-31(36)37)43-27-28-42-17-23(44(28)14-13-38-27)21-7-8-24(47-15-9-34)26(33)25(21)32/h5-8,13-14,16-17,22H,2-4,10-12,15,35H2,1H3,(H,38,43)(H,39,45)(H,40,46)(H4,36,37,41)/t22-/m0/s1. The highest BCUT2D eigenvalue weighted by Gasteiger charge is 2.19. The molecule has 16 heteroatoms. The molecule has 9 N–H and O–H groups in total. The van der Waals surface area contributed by atoms with Gasteiger partial charge in [0.15, 0.2) is 35.6 Å².